The predicted octanol–water partition coefficient (Wildman–Crippen LogP) is 1.19. The Morgan fingerprint density at radius 2 is 2.20 bits per heavy atom. The molecular formula is C13H22N6O. The highest BCUT2D eigenvalue weighted by atomic mass is 16.5. The molecule has 20 heavy (non-hydrogen) atoms. The maximum Gasteiger partial charge on any atom is 0.248 e. The third-order valence-corrected chi connectivity index (χ3v) is 2.87. The van der Waals surface area contributed by atoms with E-state index in [1.54, 1.807) is 4.68 Å². The third-order valence-electron chi connectivity index (χ3n) is 2.87. The van der Waals surface area contributed by atoms with Gasteiger partial charge in [-0.25, -0.2) is 4.68 Å². The first-order valence-electron chi connectivity index (χ1n) is 7.08. The van der Waals surface area contributed by atoms with Gasteiger partial charge in [0.15, 0.2) is 5.82 Å². The van der Waals surface area contributed by atoms with Crippen LogP contribution in [0.1, 0.15) is 44.1 Å². The summed E-state index contributed by atoms with van der Waals surface area (Å²) in [7, 11) is 0. The van der Waals surface area contributed by atoms with Crippen LogP contribution in [0.5, 0.6) is 0 Å². The van der Waals surface area contributed by atoms with Gasteiger partial charge in [-0.05, 0) is 31.7 Å². The molecule has 2 aromatic heterocycles. The van der Waals surface area contributed by atoms with Gasteiger partial charge in [-0.1, -0.05) is 24.2 Å². The summed E-state index contributed by atoms with van der Waals surface area (Å²) in [5.41, 5.74) is 6.44. The van der Waals surface area contributed by atoms with E-state index in [0.29, 0.717) is 18.4 Å². The molecule has 0 aliphatic rings. The SMILES string of the molecule is CC(C)Cc1noc(Cn2cc(CCCCN)nn2)n1. The van der Waals surface area contributed by atoms with E-state index in [0.717, 1.165) is 43.7 Å². The molecule has 0 aliphatic heterocycles. The minimum atomic E-state index is 0.467. The van der Waals surface area contributed by atoms with Crippen molar-refractivity contribution in [3.63, 3.8) is 0 Å². The Kier molecular flexibility index (Phi) is 5.23. The molecule has 0 radical (unpaired) electrons. The molecule has 7 heteroatoms. The van der Waals surface area contributed by atoms with E-state index in [1.807, 2.05) is 6.20 Å². The Balaban J connectivity index is 1.88. The lowest BCUT2D eigenvalue weighted by Crippen LogP contribution is -2.01. The van der Waals surface area contributed by atoms with Crippen molar-refractivity contribution in [3.05, 3.63) is 23.6 Å². The van der Waals surface area contributed by atoms with E-state index in [9.17, 15) is 0 Å². The summed E-state index contributed by atoms with van der Waals surface area (Å²) in [5, 5.41) is 12.1. The molecule has 2 aromatic rings. The number of aryl methyl sites for hydroxylation is 1. The summed E-state index contributed by atoms with van der Waals surface area (Å²) in [6, 6.07) is 0. The number of unbranched alkanes of at least 4 members (excludes halogenated alkanes) is 1. The van der Waals surface area contributed by atoms with Crippen LogP contribution in [0, 0.1) is 5.92 Å². The van der Waals surface area contributed by atoms with Gasteiger partial charge in [-0.2, -0.15) is 4.98 Å². The standard InChI is InChI=1S/C13H22N6O/c1-10(2)7-12-15-13(20-17-12)9-19-8-11(16-18-19)5-3-4-6-14/h8,10H,3-7,9,14H2,1-2H3. The highest BCUT2D eigenvalue weighted by molar-refractivity contribution is 4.94. The van der Waals surface area contributed by atoms with Crippen molar-refractivity contribution in [2.75, 3.05) is 6.54 Å². The number of aromatic nitrogens is 5. The van der Waals surface area contributed by atoms with Gasteiger partial charge in [0.2, 0.25) is 5.89 Å². The molecule has 7 nitrogen and oxygen atoms in total. The van der Waals surface area contributed by atoms with Gasteiger partial charge in [-0.3, -0.25) is 0 Å². The summed E-state index contributed by atoms with van der Waals surface area (Å²) in [4.78, 5) is 4.35. The fraction of sp³-hybridized carbons (Fsp3) is 0.692. The zero-order chi connectivity index (χ0) is 14.4. The van der Waals surface area contributed by atoms with Crippen molar-refractivity contribution in [2.24, 2.45) is 11.7 Å². The zero-order valence-electron chi connectivity index (χ0n) is 12.1. The molecule has 0 bridgehead atoms. The fourth-order valence-corrected chi connectivity index (χ4v) is 1.92. The lowest BCUT2D eigenvalue weighted by atomic mass is 10.1. The fourth-order valence-electron chi connectivity index (χ4n) is 1.92. The van der Waals surface area contributed by atoms with Crippen LogP contribution in [0.3, 0.4) is 0 Å². The Bertz CT molecular complexity index is 518. The van der Waals surface area contributed by atoms with E-state index >= 15 is 0 Å². The van der Waals surface area contributed by atoms with Crippen molar-refractivity contribution in [2.45, 2.75) is 46.1 Å². The Hall–Kier alpha value is -1.76. The van der Waals surface area contributed by atoms with Crippen molar-refractivity contribution < 1.29 is 4.52 Å². The second kappa shape index (κ2) is 7.14. The molecule has 0 spiro atoms. The first kappa shape index (κ1) is 14.6. The van der Waals surface area contributed by atoms with E-state index < -0.39 is 0 Å². The molecule has 0 unspecified atom stereocenters. The van der Waals surface area contributed by atoms with Gasteiger partial charge in [0.25, 0.3) is 0 Å². The van der Waals surface area contributed by atoms with Crippen LogP contribution in [0.25, 0.3) is 0 Å². The molecule has 0 fully saturated rings. The van der Waals surface area contributed by atoms with Crippen LogP contribution in [-0.4, -0.2) is 31.7 Å². The Morgan fingerprint density at radius 3 is 2.95 bits per heavy atom. The molecule has 110 valence electrons. The molecule has 0 aliphatic carbocycles. The molecule has 0 saturated heterocycles. The van der Waals surface area contributed by atoms with Gasteiger partial charge in [-0.15, -0.1) is 5.10 Å². The summed E-state index contributed by atoms with van der Waals surface area (Å²) in [5.74, 6) is 1.83. The first-order valence-corrected chi connectivity index (χ1v) is 7.08. The van der Waals surface area contributed by atoms with Gasteiger partial charge >= 0.3 is 0 Å². The highest BCUT2D eigenvalue weighted by Gasteiger charge is 2.09. The molecule has 0 aromatic carbocycles. The summed E-state index contributed by atoms with van der Waals surface area (Å²) >= 11 is 0. The number of nitrogens with zero attached hydrogens (tertiary/aromatic N) is 5. The van der Waals surface area contributed by atoms with Crippen molar-refractivity contribution in [1.29, 1.82) is 0 Å². The van der Waals surface area contributed by atoms with E-state index in [2.05, 4.69) is 34.3 Å². The molecule has 0 amide bonds. The van der Waals surface area contributed by atoms with E-state index in [4.69, 9.17) is 10.3 Å². The number of rotatable bonds is 8. The Morgan fingerprint density at radius 1 is 1.35 bits per heavy atom. The van der Waals surface area contributed by atoms with Crippen LogP contribution >= 0.6 is 0 Å². The second-order valence-electron chi connectivity index (χ2n) is 5.36. The molecule has 2 N–H and O–H groups in total. The second-order valence-corrected chi connectivity index (χ2v) is 5.36. The first-order chi connectivity index (χ1) is 9.67. The lowest BCUT2D eigenvalue weighted by molar-refractivity contribution is 0.358. The van der Waals surface area contributed by atoms with Crippen LogP contribution in [0.15, 0.2) is 10.7 Å². The average molecular weight is 278 g/mol. The lowest BCUT2D eigenvalue weighted by Gasteiger charge is -1.96. The summed E-state index contributed by atoms with van der Waals surface area (Å²) in [6.45, 7) is 5.44. The van der Waals surface area contributed by atoms with Crippen LogP contribution < -0.4 is 5.73 Å². The Labute approximate surface area is 118 Å². The van der Waals surface area contributed by atoms with E-state index in [1.165, 1.54) is 0 Å². The highest BCUT2D eigenvalue weighted by Crippen LogP contribution is 2.06. The maximum atomic E-state index is 5.47. The largest absolute Gasteiger partial charge is 0.337 e. The number of hydrogen-bond donors (Lipinski definition) is 1. The quantitative estimate of drug-likeness (QED) is 0.729. The maximum absolute atomic E-state index is 5.47. The number of nitrogens with two attached hydrogens (primary N) is 1. The van der Waals surface area contributed by atoms with Crippen LogP contribution in [0.2, 0.25) is 0 Å². The third kappa shape index (κ3) is 4.41. The number of hydrogen-bond acceptors (Lipinski definition) is 6. The average Bonchev–Trinajstić information content (AvgIpc) is 3.00. The van der Waals surface area contributed by atoms with Gasteiger partial charge in [0, 0.05) is 12.6 Å². The van der Waals surface area contributed by atoms with Crippen molar-refractivity contribution >= 4 is 0 Å². The van der Waals surface area contributed by atoms with Gasteiger partial charge < -0.3 is 10.3 Å². The molecule has 2 rings (SSSR count). The minimum Gasteiger partial charge on any atom is -0.337 e. The predicted molar refractivity (Wildman–Crippen MR) is 74.0 cm³/mol. The summed E-state index contributed by atoms with van der Waals surface area (Å²) < 4.78 is 6.94. The monoisotopic (exact) mass is 278 g/mol. The van der Waals surface area contributed by atoms with Gasteiger partial charge in [0.1, 0.15) is 6.54 Å². The van der Waals surface area contributed by atoms with Gasteiger partial charge in [0.05, 0.1) is 5.69 Å². The van der Waals surface area contributed by atoms with Crippen molar-refractivity contribution in [1.82, 2.24) is 25.1 Å². The molecule has 0 atom stereocenters. The van der Waals surface area contributed by atoms with E-state index in [-0.39, 0.29) is 0 Å². The summed E-state index contributed by atoms with van der Waals surface area (Å²) in [6.07, 6.45) is 5.69. The molecule has 2 heterocycles. The molecular weight excluding hydrogens is 256 g/mol. The minimum absolute atomic E-state index is 0.467. The smallest absolute Gasteiger partial charge is 0.248 e. The van der Waals surface area contributed by atoms with Crippen LogP contribution in [0.4, 0.5) is 0 Å². The van der Waals surface area contributed by atoms with Crippen molar-refractivity contribution in [3.8, 4) is 0 Å². The molecule has 0 saturated carbocycles. The van der Waals surface area contributed by atoms with Crippen LogP contribution in [-0.2, 0) is 19.4 Å². The topological polar surface area (TPSA) is 95.7 Å². The normalized spacial score (nSPS) is 11.4. The zero-order valence-corrected chi connectivity index (χ0v) is 12.1.